The maximum Gasteiger partial charge on any atom is 0.119 e. The Morgan fingerprint density at radius 3 is 1.73 bits per heavy atom. The van der Waals surface area contributed by atoms with Gasteiger partial charge in [0.25, 0.3) is 0 Å². The minimum absolute atomic E-state index is 0.787. The molecular formula is C36H34O. The fourth-order valence-corrected chi connectivity index (χ4v) is 4.90. The molecule has 0 aliphatic carbocycles. The molecule has 0 saturated heterocycles. The maximum atomic E-state index is 5.90. The van der Waals surface area contributed by atoms with Crippen LogP contribution in [0.25, 0.3) is 32.7 Å². The molecule has 0 N–H and O–H groups in total. The Hall–Kier alpha value is -4.02. The third kappa shape index (κ3) is 6.22. The first kappa shape index (κ1) is 24.7. The first-order valence-electron chi connectivity index (χ1n) is 13.6. The molecule has 0 amide bonds. The second-order valence-corrected chi connectivity index (χ2v) is 9.66. The van der Waals surface area contributed by atoms with Crippen molar-refractivity contribution in [3.63, 3.8) is 0 Å². The lowest BCUT2D eigenvalue weighted by molar-refractivity contribution is 0.304. The molecule has 5 rings (SSSR count). The molecule has 1 nitrogen and oxygen atoms in total. The van der Waals surface area contributed by atoms with Crippen LogP contribution in [0, 0.1) is 11.8 Å². The topological polar surface area (TPSA) is 9.23 Å². The molecule has 0 heterocycles. The van der Waals surface area contributed by atoms with Gasteiger partial charge in [-0.2, -0.15) is 0 Å². The van der Waals surface area contributed by atoms with Gasteiger partial charge in [-0.25, -0.2) is 0 Å². The summed E-state index contributed by atoms with van der Waals surface area (Å²) in [6.45, 7) is 3.04. The average Bonchev–Trinajstić information content (AvgIpc) is 2.95. The van der Waals surface area contributed by atoms with Crippen LogP contribution in [0.2, 0.25) is 0 Å². The number of ether oxygens (including phenoxy) is 1. The SMILES string of the molecule is CCCCCCCCOc1ccc(C#Cc2ccc(-c3c4ccccc4cc4ccccc34)cc2)cc1. The van der Waals surface area contributed by atoms with E-state index in [1.165, 1.54) is 64.8 Å². The number of unbranched alkanes of at least 4 members (excludes halogenated alkanes) is 5. The van der Waals surface area contributed by atoms with Crippen LogP contribution in [0.4, 0.5) is 0 Å². The van der Waals surface area contributed by atoms with Gasteiger partial charge >= 0.3 is 0 Å². The van der Waals surface area contributed by atoms with Gasteiger partial charge in [0, 0.05) is 11.1 Å². The summed E-state index contributed by atoms with van der Waals surface area (Å²) in [6.07, 6.45) is 7.65. The second kappa shape index (κ2) is 12.3. The van der Waals surface area contributed by atoms with Gasteiger partial charge in [0.05, 0.1) is 6.61 Å². The number of benzene rings is 5. The predicted octanol–water partition coefficient (Wildman–Crippen LogP) is 9.80. The number of rotatable bonds is 9. The van der Waals surface area contributed by atoms with Crippen LogP contribution in [-0.2, 0) is 0 Å². The van der Waals surface area contributed by atoms with Crippen molar-refractivity contribution in [2.24, 2.45) is 0 Å². The highest BCUT2D eigenvalue weighted by Gasteiger charge is 2.09. The Labute approximate surface area is 221 Å². The van der Waals surface area contributed by atoms with Crippen LogP contribution in [0.3, 0.4) is 0 Å². The van der Waals surface area contributed by atoms with Gasteiger partial charge in [-0.15, -0.1) is 0 Å². The van der Waals surface area contributed by atoms with Crippen LogP contribution in [0.5, 0.6) is 5.75 Å². The minimum atomic E-state index is 0.787. The molecule has 0 aliphatic rings. The molecule has 0 saturated carbocycles. The van der Waals surface area contributed by atoms with Crippen LogP contribution in [-0.4, -0.2) is 6.61 Å². The molecule has 0 unspecified atom stereocenters. The fraction of sp³-hybridized carbons (Fsp3) is 0.222. The molecule has 1 heteroatoms. The monoisotopic (exact) mass is 482 g/mol. The Kier molecular flexibility index (Phi) is 8.19. The molecule has 5 aromatic carbocycles. The zero-order valence-electron chi connectivity index (χ0n) is 21.7. The molecule has 5 aromatic rings. The highest BCUT2D eigenvalue weighted by Crippen LogP contribution is 2.36. The Morgan fingerprint density at radius 1 is 0.568 bits per heavy atom. The van der Waals surface area contributed by atoms with E-state index in [1.54, 1.807) is 0 Å². The highest BCUT2D eigenvalue weighted by atomic mass is 16.5. The van der Waals surface area contributed by atoms with E-state index in [2.05, 4.69) is 97.6 Å². The molecule has 184 valence electrons. The first-order valence-corrected chi connectivity index (χ1v) is 13.6. The van der Waals surface area contributed by atoms with Gasteiger partial charge < -0.3 is 4.74 Å². The molecule has 0 radical (unpaired) electrons. The lowest BCUT2D eigenvalue weighted by Gasteiger charge is -2.12. The second-order valence-electron chi connectivity index (χ2n) is 9.66. The quantitative estimate of drug-likeness (QED) is 0.115. The molecule has 0 fully saturated rings. The van der Waals surface area contributed by atoms with E-state index in [9.17, 15) is 0 Å². The van der Waals surface area contributed by atoms with Crippen molar-refractivity contribution in [1.82, 2.24) is 0 Å². The van der Waals surface area contributed by atoms with E-state index in [1.807, 2.05) is 24.3 Å². The van der Waals surface area contributed by atoms with Gasteiger partial charge in [0.15, 0.2) is 0 Å². The minimum Gasteiger partial charge on any atom is -0.494 e. The van der Waals surface area contributed by atoms with E-state index in [0.29, 0.717) is 0 Å². The molecular weight excluding hydrogens is 448 g/mol. The third-order valence-corrected chi connectivity index (χ3v) is 6.92. The summed E-state index contributed by atoms with van der Waals surface area (Å²) in [7, 11) is 0. The Balaban J connectivity index is 1.26. The van der Waals surface area contributed by atoms with Crippen LogP contribution in [0.15, 0.2) is 103 Å². The molecule has 37 heavy (non-hydrogen) atoms. The van der Waals surface area contributed by atoms with Crippen molar-refractivity contribution >= 4 is 21.5 Å². The standard InChI is InChI=1S/C36H34O/c1-2-3-4-5-6-11-26-37-33-24-20-29(21-25-33)17-16-28-18-22-30(23-19-28)36-34-14-9-7-12-31(34)27-32-13-8-10-15-35(32)36/h7-10,12-15,18-25,27H,2-6,11,26H2,1H3. The summed E-state index contributed by atoms with van der Waals surface area (Å²) in [5, 5.41) is 5.08. The van der Waals surface area contributed by atoms with Crippen LogP contribution < -0.4 is 4.74 Å². The van der Waals surface area contributed by atoms with Crippen LogP contribution in [0.1, 0.15) is 56.6 Å². The zero-order chi connectivity index (χ0) is 25.3. The smallest absolute Gasteiger partial charge is 0.119 e. The summed E-state index contributed by atoms with van der Waals surface area (Å²) in [4.78, 5) is 0. The van der Waals surface area contributed by atoms with Crippen molar-refractivity contribution in [3.8, 4) is 28.7 Å². The normalized spacial score (nSPS) is 10.8. The van der Waals surface area contributed by atoms with Gasteiger partial charge in [0.1, 0.15) is 5.75 Å². The summed E-state index contributed by atoms with van der Waals surface area (Å²) >= 11 is 0. The molecule has 0 spiro atoms. The largest absolute Gasteiger partial charge is 0.494 e. The Bertz CT molecular complexity index is 1460. The van der Waals surface area contributed by atoms with Gasteiger partial charge in [-0.05, 0) is 81.6 Å². The summed E-state index contributed by atoms with van der Waals surface area (Å²) in [5.41, 5.74) is 4.50. The van der Waals surface area contributed by atoms with Crippen molar-refractivity contribution in [2.45, 2.75) is 45.4 Å². The van der Waals surface area contributed by atoms with Gasteiger partial charge in [0.2, 0.25) is 0 Å². The summed E-state index contributed by atoms with van der Waals surface area (Å²) in [5.74, 6) is 7.54. The summed E-state index contributed by atoms with van der Waals surface area (Å²) in [6, 6.07) is 36.3. The predicted molar refractivity (Wildman–Crippen MR) is 158 cm³/mol. The Morgan fingerprint density at radius 2 is 1.11 bits per heavy atom. The molecule has 0 bridgehead atoms. The molecule has 0 atom stereocenters. The van der Waals surface area contributed by atoms with E-state index >= 15 is 0 Å². The fourth-order valence-electron chi connectivity index (χ4n) is 4.90. The number of fused-ring (bicyclic) bond motifs is 2. The lowest BCUT2D eigenvalue weighted by atomic mass is 9.92. The van der Waals surface area contributed by atoms with E-state index in [0.717, 1.165) is 29.9 Å². The van der Waals surface area contributed by atoms with Gasteiger partial charge in [-0.3, -0.25) is 0 Å². The van der Waals surface area contributed by atoms with Crippen LogP contribution >= 0.6 is 0 Å². The summed E-state index contributed by atoms with van der Waals surface area (Å²) < 4.78 is 5.90. The number of hydrogen-bond donors (Lipinski definition) is 0. The number of hydrogen-bond acceptors (Lipinski definition) is 1. The van der Waals surface area contributed by atoms with Crippen molar-refractivity contribution in [2.75, 3.05) is 6.61 Å². The maximum absolute atomic E-state index is 5.90. The molecule has 0 aliphatic heterocycles. The lowest BCUT2D eigenvalue weighted by Crippen LogP contribution is -1.97. The van der Waals surface area contributed by atoms with E-state index in [4.69, 9.17) is 4.74 Å². The average molecular weight is 483 g/mol. The molecule has 0 aromatic heterocycles. The first-order chi connectivity index (χ1) is 18.3. The van der Waals surface area contributed by atoms with Gasteiger partial charge in [-0.1, -0.05) is 112 Å². The van der Waals surface area contributed by atoms with Crippen molar-refractivity contribution in [3.05, 3.63) is 114 Å². The zero-order valence-corrected chi connectivity index (χ0v) is 21.7. The van der Waals surface area contributed by atoms with E-state index < -0.39 is 0 Å². The van der Waals surface area contributed by atoms with Crippen molar-refractivity contribution < 1.29 is 4.74 Å². The third-order valence-electron chi connectivity index (χ3n) is 6.92. The van der Waals surface area contributed by atoms with Crippen molar-refractivity contribution in [1.29, 1.82) is 0 Å². The van der Waals surface area contributed by atoms with E-state index in [-0.39, 0.29) is 0 Å². The highest BCUT2D eigenvalue weighted by molar-refractivity contribution is 6.12.